The number of oxazole rings is 1. The van der Waals surface area contributed by atoms with Crippen molar-refractivity contribution in [1.29, 1.82) is 0 Å². The first-order valence-corrected chi connectivity index (χ1v) is 8.56. The van der Waals surface area contributed by atoms with Crippen molar-refractivity contribution >= 4 is 16.8 Å². The molecule has 1 amide bonds. The third kappa shape index (κ3) is 2.99. The van der Waals surface area contributed by atoms with Crippen LogP contribution in [0.25, 0.3) is 10.9 Å². The van der Waals surface area contributed by atoms with Gasteiger partial charge in [0.05, 0.1) is 11.2 Å². The van der Waals surface area contributed by atoms with E-state index < -0.39 is 0 Å². The van der Waals surface area contributed by atoms with Gasteiger partial charge in [-0.3, -0.25) is 14.8 Å². The molecule has 1 fully saturated rings. The second kappa shape index (κ2) is 6.27. The SMILES string of the molecule is Cc1nc(C)c(C(=O)N2CCC[C@H](c3cc4ncccc4cn3)C2)o1. The average Bonchev–Trinajstić information content (AvgIpc) is 2.99. The molecule has 1 aliphatic heterocycles. The van der Waals surface area contributed by atoms with E-state index in [1.807, 2.05) is 36.2 Å². The van der Waals surface area contributed by atoms with Crippen LogP contribution in [-0.2, 0) is 0 Å². The van der Waals surface area contributed by atoms with Crippen molar-refractivity contribution in [3.63, 3.8) is 0 Å². The minimum Gasteiger partial charge on any atom is -0.436 e. The lowest BCUT2D eigenvalue weighted by Crippen LogP contribution is -2.39. The maximum absolute atomic E-state index is 12.8. The molecule has 25 heavy (non-hydrogen) atoms. The lowest BCUT2D eigenvalue weighted by molar-refractivity contribution is 0.0671. The molecule has 0 radical (unpaired) electrons. The standard InChI is InChI=1S/C19H20N4O2/c1-12-18(25-13(2)22-12)19(24)23-8-4-6-15(11-23)17-9-16-14(10-21-17)5-3-7-20-16/h3,5,7,9-10,15H,4,6,8,11H2,1-2H3/t15-/m0/s1. The third-order valence-electron chi connectivity index (χ3n) is 4.73. The number of carbonyl (C=O) groups excluding carboxylic acids is 1. The molecular formula is C19H20N4O2. The first-order valence-electron chi connectivity index (χ1n) is 8.56. The van der Waals surface area contributed by atoms with Crippen LogP contribution in [-0.4, -0.2) is 38.8 Å². The van der Waals surface area contributed by atoms with Crippen LogP contribution in [0.2, 0.25) is 0 Å². The molecule has 1 saturated heterocycles. The van der Waals surface area contributed by atoms with Crippen molar-refractivity contribution in [3.8, 4) is 0 Å². The molecule has 0 aromatic carbocycles. The van der Waals surface area contributed by atoms with Gasteiger partial charge in [0, 0.05) is 49.4 Å². The number of nitrogens with zero attached hydrogens (tertiary/aromatic N) is 4. The highest BCUT2D eigenvalue weighted by molar-refractivity contribution is 5.92. The molecule has 4 heterocycles. The predicted octanol–water partition coefficient (Wildman–Crippen LogP) is 3.25. The van der Waals surface area contributed by atoms with Gasteiger partial charge in [-0.2, -0.15) is 0 Å². The molecule has 6 nitrogen and oxygen atoms in total. The molecule has 3 aromatic rings. The summed E-state index contributed by atoms with van der Waals surface area (Å²) in [7, 11) is 0. The van der Waals surface area contributed by atoms with Crippen LogP contribution < -0.4 is 0 Å². The van der Waals surface area contributed by atoms with Gasteiger partial charge >= 0.3 is 0 Å². The van der Waals surface area contributed by atoms with Crippen molar-refractivity contribution in [2.24, 2.45) is 0 Å². The molecule has 0 saturated carbocycles. The Labute approximate surface area is 145 Å². The smallest absolute Gasteiger partial charge is 0.291 e. The zero-order valence-corrected chi connectivity index (χ0v) is 14.4. The van der Waals surface area contributed by atoms with Crippen molar-refractivity contribution in [2.45, 2.75) is 32.6 Å². The van der Waals surface area contributed by atoms with Gasteiger partial charge in [0.25, 0.3) is 5.91 Å². The summed E-state index contributed by atoms with van der Waals surface area (Å²) in [6.45, 7) is 4.94. The van der Waals surface area contributed by atoms with Crippen LogP contribution in [0.1, 0.15) is 46.6 Å². The van der Waals surface area contributed by atoms with Gasteiger partial charge in [-0.15, -0.1) is 0 Å². The lowest BCUT2D eigenvalue weighted by atomic mass is 9.93. The fourth-order valence-corrected chi connectivity index (χ4v) is 3.48. The van der Waals surface area contributed by atoms with E-state index in [2.05, 4.69) is 15.0 Å². The third-order valence-corrected chi connectivity index (χ3v) is 4.73. The molecule has 0 unspecified atom stereocenters. The number of carbonyl (C=O) groups is 1. The van der Waals surface area contributed by atoms with Gasteiger partial charge in [-0.1, -0.05) is 0 Å². The lowest BCUT2D eigenvalue weighted by Gasteiger charge is -2.32. The van der Waals surface area contributed by atoms with Crippen molar-refractivity contribution in [3.05, 3.63) is 53.6 Å². The summed E-state index contributed by atoms with van der Waals surface area (Å²) >= 11 is 0. The molecule has 0 N–H and O–H groups in total. The second-order valence-electron chi connectivity index (χ2n) is 6.54. The van der Waals surface area contributed by atoms with Gasteiger partial charge in [0.15, 0.2) is 5.89 Å². The van der Waals surface area contributed by atoms with E-state index in [9.17, 15) is 4.79 Å². The second-order valence-corrected chi connectivity index (χ2v) is 6.54. The summed E-state index contributed by atoms with van der Waals surface area (Å²) in [5.41, 5.74) is 2.59. The molecule has 4 rings (SSSR count). The monoisotopic (exact) mass is 336 g/mol. The molecular weight excluding hydrogens is 316 g/mol. The zero-order valence-electron chi connectivity index (χ0n) is 14.4. The Hall–Kier alpha value is -2.76. The summed E-state index contributed by atoms with van der Waals surface area (Å²) in [5.74, 6) is 1.01. The summed E-state index contributed by atoms with van der Waals surface area (Å²) in [6.07, 6.45) is 5.62. The maximum atomic E-state index is 12.8. The molecule has 0 bridgehead atoms. The molecule has 0 spiro atoms. The number of fused-ring (bicyclic) bond motifs is 1. The van der Waals surface area contributed by atoms with Gasteiger partial charge < -0.3 is 9.32 Å². The Morgan fingerprint density at radius 3 is 3.00 bits per heavy atom. The van der Waals surface area contributed by atoms with Crippen LogP contribution in [0.3, 0.4) is 0 Å². The fourth-order valence-electron chi connectivity index (χ4n) is 3.48. The van der Waals surface area contributed by atoms with Crippen LogP contribution in [0, 0.1) is 13.8 Å². The minimum atomic E-state index is -0.0817. The summed E-state index contributed by atoms with van der Waals surface area (Å²) in [4.78, 5) is 27.9. The molecule has 1 atom stereocenters. The largest absolute Gasteiger partial charge is 0.436 e. The molecule has 6 heteroatoms. The normalized spacial score (nSPS) is 17.8. The molecule has 1 aliphatic rings. The molecule has 0 aliphatic carbocycles. The number of hydrogen-bond donors (Lipinski definition) is 0. The Morgan fingerprint density at radius 1 is 1.32 bits per heavy atom. The highest BCUT2D eigenvalue weighted by atomic mass is 16.4. The summed E-state index contributed by atoms with van der Waals surface area (Å²) < 4.78 is 5.50. The number of aromatic nitrogens is 3. The predicted molar refractivity (Wildman–Crippen MR) is 93.4 cm³/mol. The number of aryl methyl sites for hydroxylation is 2. The Kier molecular flexibility index (Phi) is 3.95. The van der Waals surface area contributed by atoms with Gasteiger partial charge in [0.2, 0.25) is 5.76 Å². The fraction of sp³-hybridized carbons (Fsp3) is 0.368. The van der Waals surface area contributed by atoms with Gasteiger partial charge in [0.1, 0.15) is 0 Å². The number of hydrogen-bond acceptors (Lipinski definition) is 5. The summed E-state index contributed by atoms with van der Waals surface area (Å²) in [5, 5.41) is 1.03. The van der Waals surface area contributed by atoms with Crippen molar-refractivity contribution in [2.75, 3.05) is 13.1 Å². The van der Waals surface area contributed by atoms with Crippen LogP contribution in [0.5, 0.6) is 0 Å². The number of piperidine rings is 1. The van der Waals surface area contributed by atoms with Crippen molar-refractivity contribution in [1.82, 2.24) is 19.9 Å². The molecule has 128 valence electrons. The Bertz CT molecular complexity index is 934. The van der Waals surface area contributed by atoms with E-state index in [0.717, 1.165) is 36.0 Å². The van der Waals surface area contributed by atoms with E-state index in [1.54, 1.807) is 13.1 Å². The average molecular weight is 336 g/mol. The number of likely N-dealkylation sites (tertiary alicyclic amines) is 1. The minimum absolute atomic E-state index is 0.0817. The topological polar surface area (TPSA) is 72.1 Å². The van der Waals surface area contributed by atoms with E-state index in [1.165, 1.54) is 0 Å². The van der Waals surface area contributed by atoms with E-state index in [-0.39, 0.29) is 11.8 Å². The molecule has 3 aromatic heterocycles. The Morgan fingerprint density at radius 2 is 2.20 bits per heavy atom. The van der Waals surface area contributed by atoms with E-state index in [0.29, 0.717) is 23.9 Å². The van der Waals surface area contributed by atoms with Crippen LogP contribution in [0.4, 0.5) is 0 Å². The zero-order chi connectivity index (χ0) is 17.4. The van der Waals surface area contributed by atoms with Crippen LogP contribution >= 0.6 is 0 Å². The first kappa shape index (κ1) is 15.7. The highest BCUT2D eigenvalue weighted by Gasteiger charge is 2.29. The van der Waals surface area contributed by atoms with E-state index in [4.69, 9.17) is 4.42 Å². The summed E-state index contributed by atoms with van der Waals surface area (Å²) in [6, 6.07) is 5.95. The van der Waals surface area contributed by atoms with Gasteiger partial charge in [-0.05, 0) is 38.0 Å². The Balaban J connectivity index is 1.57. The first-order chi connectivity index (χ1) is 12.1. The van der Waals surface area contributed by atoms with Gasteiger partial charge in [-0.25, -0.2) is 4.98 Å². The number of rotatable bonds is 2. The quantitative estimate of drug-likeness (QED) is 0.718. The highest BCUT2D eigenvalue weighted by Crippen LogP contribution is 2.28. The number of amides is 1. The number of pyridine rings is 2. The van der Waals surface area contributed by atoms with Crippen LogP contribution in [0.15, 0.2) is 35.0 Å². The van der Waals surface area contributed by atoms with Crippen molar-refractivity contribution < 1.29 is 9.21 Å². The van der Waals surface area contributed by atoms with E-state index >= 15 is 0 Å². The maximum Gasteiger partial charge on any atom is 0.291 e.